The second-order valence-corrected chi connectivity index (χ2v) is 8.50. The minimum Gasteiger partial charge on any atom is -0.457 e. The highest BCUT2D eigenvalue weighted by atomic mass is 35.5. The molecule has 0 bridgehead atoms. The lowest BCUT2D eigenvalue weighted by Gasteiger charge is -2.11. The zero-order valence-corrected chi connectivity index (χ0v) is 17.0. The van der Waals surface area contributed by atoms with Crippen molar-refractivity contribution < 1.29 is 13.2 Å². The second-order valence-electron chi connectivity index (χ2n) is 6.12. The number of halogens is 2. The van der Waals surface area contributed by atoms with Gasteiger partial charge >= 0.3 is 0 Å². The lowest BCUT2D eigenvalue weighted by Crippen LogP contribution is -2.11. The van der Waals surface area contributed by atoms with Gasteiger partial charge in [0, 0.05) is 17.0 Å². The van der Waals surface area contributed by atoms with E-state index < -0.39 is 10.0 Å². The normalized spacial score (nSPS) is 11.6. The van der Waals surface area contributed by atoms with E-state index in [1.165, 1.54) is 18.5 Å². The Morgan fingerprint density at radius 2 is 1.62 bits per heavy atom. The van der Waals surface area contributed by atoms with E-state index >= 15 is 0 Å². The second kappa shape index (κ2) is 7.61. The van der Waals surface area contributed by atoms with Crippen LogP contribution in [0.3, 0.4) is 0 Å². The van der Waals surface area contributed by atoms with Gasteiger partial charge in [-0.25, -0.2) is 23.5 Å². The van der Waals surface area contributed by atoms with Crippen molar-refractivity contribution in [1.82, 2.24) is 9.97 Å². The lowest BCUT2D eigenvalue weighted by molar-refractivity contribution is 0.481. The smallest absolute Gasteiger partial charge is 0.238 e. The van der Waals surface area contributed by atoms with Crippen LogP contribution < -0.4 is 9.88 Å². The van der Waals surface area contributed by atoms with Crippen LogP contribution in [0.4, 0.5) is 0 Å². The van der Waals surface area contributed by atoms with Crippen LogP contribution in [0.1, 0.15) is 0 Å². The monoisotopic (exact) mass is 445 g/mol. The lowest BCUT2D eigenvalue weighted by atomic mass is 10.1. The summed E-state index contributed by atoms with van der Waals surface area (Å²) >= 11 is 12.7. The minimum absolute atomic E-state index is 0.0411. The minimum atomic E-state index is -3.83. The molecule has 29 heavy (non-hydrogen) atoms. The summed E-state index contributed by atoms with van der Waals surface area (Å²) in [5.41, 5.74) is 1.84. The zero-order valence-electron chi connectivity index (χ0n) is 14.7. The largest absolute Gasteiger partial charge is 0.457 e. The first-order valence-electron chi connectivity index (χ1n) is 8.33. The van der Waals surface area contributed by atoms with E-state index in [0.717, 1.165) is 5.39 Å². The van der Waals surface area contributed by atoms with Crippen LogP contribution in [0, 0.1) is 0 Å². The van der Waals surface area contributed by atoms with Crippen molar-refractivity contribution >= 4 is 44.1 Å². The maximum Gasteiger partial charge on any atom is 0.238 e. The predicted octanol–water partition coefficient (Wildman–Crippen LogP) is 5.04. The molecule has 6 nitrogen and oxygen atoms in total. The molecule has 9 heteroatoms. The molecule has 3 aromatic carbocycles. The Kier molecular flexibility index (Phi) is 5.14. The molecule has 0 aliphatic heterocycles. The van der Waals surface area contributed by atoms with Crippen molar-refractivity contribution in [3.05, 3.63) is 77.0 Å². The summed E-state index contributed by atoms with van der Waals surface area (Å²) in [7, 11) is -3.83. The highest BCUT2D eigenvalue weighted by molar-refractivity contribution is 7.89. The zero-order chi connectivity index (χ0) is 20.6. The van der Waals surface area contributed by atoms with Crippen LogP contribution >= 0.6 is 23.2 Å². The van der Waals surface area contributed by atoms with Gasteiger partial charge in [0.15, 0.2) is 0 Å². The molecule has 0 saturated carbocycles. The number of hydrogen-bond donors (Lipinski definition) is 1. The first-order valence-corrected chi connectivity index (χ1v) is 10.6. The van der Waals surface area contributed by atoms with Crippen LogP contribution in [0.2, 0.25) is 10.0 Å². The molecule has 0 unspecified atom stereocenters. The van der Waals surface area contributed by atoms with Crippen molar-refractivity contribution in [2.45, 2.75) is 4.90 Å². The van der Waals surface area contributed by atoms with Gasteiger partial charge < -0.3 is 4.74 Å². The summed E-state index contributed by atoms with van der Waals surface area (Å²) in [5.74, 6) is 0.769. The summed E-state index contributed by atoms with van der Waals surface area (Å²) in [4.78, 5) is 8.56. The number of nitrogens with zero attached hydrogens (tertiary/aromatic N) is 2. The Hall–Kier alpha value is -2.71. The van der Waals surface area contributed by atoms with Gasteiger partial charge in [0.05, 0.1) is 26.2 Å². The van der Waals surface area contributed by atoms with Gasteiger partial charge in [-0.2, -0.15) is 0 Å². The van der Waals surface area contributed by atoms with Crippen molar-refractivity contribution in [2.75, 3.05) is 0 Å². The van der Waals surface area contributed by atoms with Crippen LogP contribution in [0.5, 0.6) is 11.5 Å². The first-order chi connectivity index (χ1) is 13.8. The van der Waals surface area contributed by atoms with E-state index in [4.69, 9.17) is 33.1 Å². The van der Waals surface area contributed by atoms with E-state index in [1.807, 2.05) is 12.1 Å². The fraction of sp³-hybridized carbons (Fsp3) is 0. The Morgan fingerprint density at radius 3 is 2.41 bits per heavy atom. The van der Waals surface area contributed by atoms with E-state index in [9.17, 15) is 8.42 Å². The highest BCUT2D eigenvalue weighted by Crippen LogP contribution is 2.36. The van der Waals surface area contributed by atoms with Gasteiger partial charge in [0.2, 0.25) is 10.0 Å². The van der Waals surface area contributed by atoms with Crippen LogP contribution in [-0.4, -0.2) is 18.4 Å². The first kappa shape index (κ1) is 19.6. The number of hydrogen-bond acceptors (Lipinski definition) is 5. The van der Waals surface area contributed by atoms with E-state index in [1.54, 1.807) is 36.4 Å². The Labute approximate surface area is 176 Å². The average Bonchev–Trinajstić information content (AvgIpc) is 2.69. The number of aromatic nitrogens is 2. The summed E-state index contributed by atoms with van der Waals surface area (Å²) in [6.45, 7) is 0. The molecule has 0 radical (unpaired) electrons. The highest BCUT2D eigenvalue weighted by Gasteiger charge is 2.14. The Morgan fingerprint density at radius 1 is 0.862 bits per heavy atom. The molecule has 0 amide bonds. The van der Waals surface area contributed by atoms with Gasteiger partial charge in [-0.3, -0.25) is 0 Å². The molecule has 0 spiro atoms. The third-order valence-corrected chi connectivity index (χ3v) is 5.72. The maximum absolute atomic E-state index is 11.6. The molecule has 0 fully saturated rings. The van der Waals surface area contributed by atoms with Crippen molar-refractivity contribution in [3.8, 4) is 22.8 Å². The molecule has 0 aliphatic carbocycles. The fourth-order valence-electron chi connectivity index (χ4n) is 2.87. The molecule has 0 aliphatic rings. The fourth-order valence-corrected chi connectivity index (χ4v) is 3.85. The van der Waals surface area contributed by atoms with E-state index in [-0.39, 0.29) is 4.90 Å². The molecule has 1 aromatic heterocycles. The third kappa shape index (κ3) is 4.04. The maximum atomic E-state index is 11.6. The number of ether oxygens (including phenoxy) is 1. The van der Waals surface area contributed by atoms with Crippen molar-refractivity contribution in [3.63, 3.8) is 0 Å². The molecule has 4 aromatic rings. The summed E-state index contributed by atoms with van der Waals surface area (Å²) in [5, 5.41) is 6.90. The third-order valence-electron chi connectivity index (χ3n) is 4.18. The summed E-state index contributed by atoms with van der Waals surface area (Å²) < 4.78 is 28.9. The number of primary sulfonamides is 1. The van der Waals surface area contributed by atoms with Crippen molar-refractivity contribution in [1.29, 1.82) is 0 Å². The van der Waals surface area contributed by atoms with E-state index in [0.29, 0.717) is 38.3 Å². The molecule has 2 N–H and O–H groups in total. The van der Waals surface area contributed by atoms with Gasteiger partial charge in [-0.05, 0) is 36.4 Å². The van der Waals surface area contributed by atoms with Gasteiger partial charge in [0.1, 0.15) is 17.8 Å². The molecular weight excluding hydrogens is 433 g/mol. The molecule has 0 atom stereocenters. The SMILES string of the molecule is NS(=O)(=O)c1cccc(Oc2ccc(Cl)c(-c3ncnc4c(Cl)cccc34)c2)c1. The standard InChI is InChI=1S/C20H13Cl2N3O3S/c21-17-8-7-13(28-12-3-1-4-14(9-12)29(23,26)27)10-16(17)19-15-5-2-6-18(22)20(15)25-11-24-19/h1-11H,(H2,23,26,27). The number of rotatable bonds is 4. The topological polar surface area (TPSA) is 95.2 Å². The number of para-hydroxylation sites is 1. The number of benzene rings is 3. The van der Waals surface area contributed by atoms with Crippen LogP contribution in [0.25, 0.3) is 22.2 Å². The average molecular weight is 446 g/mol. The molecule has 1 heterocycles. The van der Waals surface area contributed by atoms with E-state index in [2.05, 4.69) is 9.97 Å². The Balaban J connectivity index is 1.78. The summed E-state index contributed by atoms with van der Waals surface area (Å²) in [6.07, 6.45) is 1.42. The van der Waals surface area contributed by atoms with Gasteiger partial charge in [-0.15, -0.1) is 0 Å². The molecule has 4 rings (SSSR count). The number of sulfonamides is 1. The quantitative estimate of drug-likeness (QED) is 0.474. The number of nitrogens with two attached hydrogens (primary N) is 1. The molecular formula is C20H13Cl2N3O3S. The Bertz CT molecular complexity index is 1340. The number of fused-ring (bicyclic) bond motifs is 1. The van der Waals surface area contributed by atoms with Crippen LogP contribution in [-0.2, 0) is 10.0 Å². The van der Waals surface area contributed by atoms with Gasteiger partial charge in [-0.1, -0.05) is 41.4 Å². The van der Waals surface area contributed by atoms with Crippen molar-refractivity contribution in [2.24, 2.45) is 5.14 Å². The molecule has 146 valence electrons. The van der Waals surface area contributed by atoms with Gasteiger partial charge in [0.25, 0.3) is 0 Å². The molecule has 0 saturated heterocycles. The summed E-state index contributed by atoms with van der Waals surface area (Å²) in [6, 6.07) is 16.4. The van der Waals surface area contributed by atoms with Crippen LogP contribution in [0.15, 0.2) is 71.9 Å². The predicted molar refractivity (Wildman–Crippen MR) is 113 cm³/mol.